The van der Waals surface area contributed by atoms with Crippen molar-refractivity contribution >= 4 is 11.8 Å². The van der Waals surface area contributed by atoms with E-state index in [1.807, 2.05) is 0 Å². The van der Waals surface area contributed by atoms with Gasteiger partial charge in [0.25, 0.3) is 0 Å². The van der Waals surface area contributed by atoms with Crippen LogP contribution in [-0.4, -0.2) is 11.5 Å². The Morgan fingerprint density at radius 1 is 1.06 bits per heavy atom. The van der Waals surface area contributed by atoms with Gasteiger partial charge in [-0.25, -0.2) is 0 Å². The first kappa shape index (κ1) is 11.6. The molecule has 1 aromatic rings. The van der Waals surface area contributed by atoms with Crippen LogP contribution in [0.1, 0.15) is 49.1 Å². The minimum absolute atomic E-state index is 0.000939. The summed E-state index contributed by atoms with van der Waals surface area (Å²) >= 11 is 2.09. The Hall–Kier alpha value is -0.470. The Morgan fingerprint density at radius 2 is 1.71 bits per heavy atom. The van der Waals surface area contributed by atoms with E-state index in [1.54, 1.807) is 0 Å². The van der Waals surface area contributed by atoms with E-state index in [2.05, 4.69) is 36.0 Å². The summed E-state index contributed by atoms with van der Waals surface area (Å²) in [6.45, 7) is 0. The Labute approximate surface area is 108 Å². The van der Waals surface area contributed by atoms with Gasteiger partial charge in [0.2, 0.25) is 0 Å². The van der Waals surface area contributed by atoms with Crippen LogP contribution < -0.4 is 5.73 Å². The monoisotopic (exact) mass is 247 g/mol. The van der Waals surface area contributed by atoms with Crippen LogP contribution in [0.2, 0.25) is 0 Å². The van der Waals surface area contributed by atoms with Crippen molar-refractivity contribution in [1.82, 2.24) is 0 Å². The van der Waals surface area contributed by atoms with Crippen molar-refractivity contribution in [2.45, 2.75) is 43.6 Å². The average Bonchev–Trinajstić information content (AvgIpc) is 2.37. The van der Waals surface area contributed by atoms with Crippen molar-refractivity contribution in [2.24, 2.45) is 5.73 Å². The molecule has 1 aliphatic heterocycles. The second-order valence-electron chi connectivity index (χ2n) is 5.52. The molecule has 1 saturated carbocycles. The molecule has 0 radical (unpaired) electrons. The minimum Gasteiger partial charge on any atom is -0.321 e. The maximum absolute atomic E-state index is 6.35. The zero-order valence-electron chi connectivity index (χ0n) is 10.3. The number of hydrogen-bond donors (Lipinski definition) is 1. The highest BCUT2D eigenvalue weighted by molar-refractivity contribution is 7.99. The third kappa shape index (κ3) is 2.25. The van der Waals surface area contributed by atoms with Gasteiger partial charge in [0.1, 0.15) is 0 Å². The molecule has 1 aromatic carbocycles. The van der Waals surface area contributed by atoms with Gasteiger partial charge in [-0.05, 0) is 60.7 Å². The number of benzene rings is 1. The molecule has 0 unspecified atom stereocenters. The minimum atomic E-state index is 0.000939. The number of nitrogens with two attached hydrogens (primary N) is 1. The molecule has 0 amide bonds. The molecule has 3 rings (SSSR count). The van der Waals surface area contributed by atoms with Crippen LogP contribution in [0.15, 0.2) is 24.3 Å². The summed E-state index contributed by atoms with van der Waals surface area (Å²) in [5.41, 5.74) is 9.22. The summed E-state index contributed by atoms with van der Waals surface area (Å²) in [7, 11) is 0. The lowest BCUT2D eigenvalue weighted by Crippen LogP contribution is -2.43. The molecule has 92 valence electrons. The molecule has 1 saturated heterocycles. The Kier molecular flexibility index (Phi) is 3.18. The lowest BCUT2D eigenvalue weighted by molar-refractivity contribution is 0.253. The van der Waals surface area contributed by atoms with Gasteiger partial charge in [0, 0.05) is 5.54 Å². The Balaban J connectivity index is 1.75. The summed E-state index contributed by atoms with van der Waals surface area (Å²) < 4.78 is 0. The third-order valence-electron chi connectivity index (χ3n) is 4.42. The molecule has 1 nitrogen and oxygen atoms in total. The van der Waals surface area contributed by atoms with Gasteiger partial charge in [0.05, 0.1) is 0 Å². The summed E-state index contributed by atoms with van der Waals surface area (Å²) in [4.78, 5) is 0. The van der Waals surface area contributed by atoms with Crippen molar-refractivity contribution in [3.8, 4) is 0 Å². The molecule has 2 N–H and O–H groups in total. The van der Waals surface area contributed by atoms with E-state index in [1.165, 1.54) is 41.9 Å². The van der Waals surface area contributed by atoms with Crippen LogP contribution in [-0.2, 0) is 5.54 Å². The predicted octanol–water partition coefficient (Wildman–Crippen LogP) is 3.64. The number of thioether (sulfide) groups is 1. The van der Waals surface area contributed by atoms with E-state index >= 15 is 0 Å². The first-order chi connectivity index (χ1) is 8.28. The number of rotatable bonds is 2. The van der Waals surface area contributed by atoms with Crippen molar-refractivity contribution in [1.29, 1.82) is 0 Å². The smallest absolute Gasteiger partial charge is 0.0409 e. The van der Waals surface area contributed by atoms with E-state index in [4.69, 9.17) is 5.73 Å². The molecule has 1 heterocycles. The van der Waals surface area contributed by atoms with Crippen LogP contribution >= 0.6 is 11.8 Å². The fraction of sp³-hybridized carbons (Fsp3) is 0.600. The van der Waals surface area contributed by atoms with Gasteiger partial charge in [0.15, 0.2) is 0 Å². The summed E-state index contributed by atoms with van der Waals surface area (Å²) in [6.07, 6.45) is 6.30. The van der Waals surface area contributed by atoms with Crippen LogP contribution in [0.25, 0.3) is 0 Å². The van der Waals surface area contributed by atoms with Crippen molar-refractivity contribution < 1.29 is 0 Å². The van der Waals surface area contributed by atoms with Gasteiger partial charge in [-0.15, -0.1) is 0 Å². The fourth-order valence-corrected chi connectivity index (χ4v) is 4.07. The van der Waals surface area contributed by atoms with E-state index in [0.29, 0.717) is 0 Å². The van der Waals surface area contributed by atoms with E-state index in [0.717, 1.165) is 18.8 Å². The molecule has 1 aliphatic carbocycles. The van der Waals surface area contributed by atoms with Gasteiger partial charge >= 0.3 is 0 Å². The molecule has 17 heavy (non-hydrogen) atoms. The van der Waals surface area contributed by atoms with Crippen LogP contribution in [0.4, 0.5) is 0 Å². The maximum atomic E-state index is 6.35. The van der Waals surface area contributed by atoms with Gasteiger partial charge in [-0.3, -0.25) is 0 Å². The van der Waals surface area contributed by atoms with Crippen molar-refractivity contribution in [3.05, 3.63) is 35.4 Å². The number of hydrogen-bond acceptors (Lipinski definition) is 2. The first-order valence-corrected chi connectivity index (χ1v) is 7.90. The maximum Gasteiger partial charge on any atom is 0.0409 e. The highest BCUT2D eigenvalue weighted by Gasteiger charge is 2.34. The lowest BCUT2D eigenvalue weighted by Gasteiger charge is -2.38. The van der Waals surface area contributed by atoms with Gasteiger partial charge < -0.3 is 5.73 Å². The normalized spacial score (nSPS) is 24.3. The van der Waals surface area contributed by atoms with Crippen LogP contribution in [0.3, 0.4) is 0 Å². The largest absolute Gasteiger partial charge is 0.321 e. The molecule has 2 fully saturated rings. The topological polar surface area (TPSA) is 26.0 Å². The molecule has 0 bridgehead atoms. The SMILES string of the molecule is NC1(c2ccc(C3CCSCC3)cc2)CCC1. The Bertz CT molecular complexity index is 374. The third-order valence-corrected chi connectivity index (χ3v) is 5.47. The average molecular weight is 247 g/mol. The zero-order chi connectivity index (χ0) is 11.7. The highest BCUT2D eigenvalue weighted by atomic mass is 32.2. The summed E-state index contributed by atoms with van der Waals surface area (Å²) in [5.74, 6) is 3.45. The standard InChI is InChI=1S/C15H21NS/c16-15(8-1-9-15)14-4-2-12(3-5-14)13-6-10-17-11-7-13/h2-5,13H,1,6-11,16H2. The van der Waals surface area contributed by atoms with E-state index in [-0.39, 0.29) is 5.54 Å². The summed E-state index contributed by atoms with van der Waals surface area (Å²) in [5, 5.41) is 0. The molecule has 2 aliphatic rings. The molecule has 2 heteroatoms. The Morgan fingerprint density at radius 3 is 2.24 bits per heavy atom. The second kappa shape index (κ2) is 4.66. The van der Waals surface area contributed by atoms with E-state index in [9.17, 15) is 0 Å². The van der Waals surface area contributed by atoms with Crippen molar-refractivity contribution in [2.75, 3.05) is 11.5 Å². The van der Waals surface area contributed by atoms with Gasteiger partial charge in [-0.2, -0.15) is 11.8 Å². The van der Waals surface area contributed by atoms with Crippen LogP contribution in [0, 0.1) is 0 Å². The molecule has 0 aromatic heterocycles. The van der Waals surface area contributed by atoms with Gasteiger partial charge in [-0.1, -0.05) is 24.3 Å². The lowest BCUT2D eigenvalue weighted by atomic mass is 9.72. The fourth-order valence-electron chi connectivity index (χ4n) is 2.96. The molecule has 0 spiro atoms. The second-order valence-corrected chi connectivity index (χ2v) is 6.74. The van der Waals surface area contributed by atoms with Crippen molar-refractivity contribution in [3.63, 3.8) is 0 Å². The predicted molar refractivity (Wildman–Crippen MR) is 75.5 cm³/mol. The molecule has 0 atom stereocenters. The highest BCUT2D eigenvalue weighted by Crippen LogP contribution is 2.39. The summed E-state index contributed by atoms with van der Waals surface area (Å²) in [6, 6.07) is 9.19. The first-order valence-electron chi connectivity index (χ1n) is 6.75. The molecular weight excluding hydrogens is 226 g/mol. The quantitative estimate of drug-likeness (QED) is 0.863. The van der Waals surface area contributed by atoms with E-state index < -0.39 is 0 Å². The molecular formula is C15H21NS. The van der Waals surface area contributed by atoms with Crippen LogP contribution in [0.5, 0.6) is 0 Å². The zero-order valence-corrected chi connectivity index (χ0v) is 11.1.